The number of nitriles is 1. The summed E-state index contributed by atoms with van der Waals surface area (Å²) in [5.41, 5.74) is 0.300. The topological polar surface area (TPSA) is 62.3 Å². The van der Waals surface area contributed by atoms with Crippen molar-refractivity contribution in [2.24, 2.45) is 11.3 Å². The second kappa shape index (κ2) is 5.77. The van der Waals surface area contributed by atoms with Crippen molar-refractivity contribution >= 4 is 29.1 Å². The van der Waals surface area contributed by atoms with Crippen LogP contribution in [-0.4, -0.2) is 31.3 Å². The number of aromatic nitrogens is 1. The quantitative estimate of drug-likeness (QED) is 0.842. The van der Waals surface area contributed by atoms with Gasteiger partial charge in [-0.25, -0.2) is 4.98 Å². The highest BCUT2D eigenvalue weighted by atomic mass is 35.5. The van der Waals surface area contributed by atoms with Gasteiger partial charge in [-0.3, -0.25) is 0 Å². The average molecular weight is 342 g/mol. The lowest BCUT2D eigenvalue weighted by atomic mass is 10.1. The van der Waals surface area contributed by atoms with Gasteiger partial charge >= 0.3 is 0 Å². The van der Waals surface area contributed by atoms with Gasteiger partial charge in [0, 0.05) is 19.0 Å². The molecule has 0 spiro atoms. The first-order valence-electron chi connectivity index (χ1n) is 7.21. The van der Waals surface area contributed by atoms with Crippen molar-refractivity contribution < 1.29 is 9.15 Å². The van der Waals surface area contributed by atoms with Gasteiger partial charge in [0.15, 0.2) is 0 Å². The van der Waals surface area contributed by atoms with Crippen molar-refractivity contribution in [1.29, 1.82) is 5.26 Å². The maximum absolute atomic E-state index is 9.32. The van der Waals surface area contributed by atoms with E-state index in [1.807, 2.05) is 11.0 Å². The van der Waals surface area contributed by atoms with E-state index in [0.29, 0.717) is 43.8 Å². The summed E-state index contributed by atoms with van der Waals surface area (Å²) in [7, 11) is 0. The predicted octanol–water partition coefficient (Wildman–Crippen LogP) is 3.44. The third-order valence-electron chi connectivity index (χ3n) is 4.51. The number of rotatable bonds is 3. The van der Waals surface area contributed by atoms with Crippen molar-refractivity contribution in [1.82, 2.24) is 4.98 Å². The van der Waals surface area contributed by atoms with Crippen LogP contribution in [0.25, 0.3) is 0 Å². The van der Waals surface area contributed by atoms with Gasteiger partial charge in [0.2, 0.25) is 17.5 Å². The largest absolute Gasteiger partial charge is 0.423 e. The summed E-state index contributed by atoms with van der Waals surface area (Å²) in [6.45, 7) is 6.88. The first kappa shape index (κ1) is 15.7. The Bertz CT molecular complexity index is 638. The van der Waals surface area contributed by atoms with E-state index in [4.69, 9.17) is 32.4 Å². The van der Waals surface area contributed by atoms with Crippen molar-refractivity contribution in [3.05, 3.63) is 22.2 Å². The zero-order valence-electron chi connectivity index (χ0n) is 12.5. The molecule has 2 aliphatic rings. The van der Waals surface area contributed by atoms with Crippen LogP contribution in [0.1, 0.15) is 31.4 Å². The minimum atomic E-state index is -0.0328. The van der Waals surface area contributed by atoms with E-state index in [0.717, 1.165) is 0 Å². The minimum absolute atomic E-state index is 0.0328. The zero-order chi connectivity index (χ0) is 15.9. The summed E-state index contributed by atoms with van der Waals surface area (Å²) in [4.78, 5) is 6.40. The van der Waals surface area contributed by atoms with Crippen molar-refractivity contribution in [2.45, 2.75) is 19.8 Å². The van der Waals surface area contributed by atoms with Gasteiger partial charge in [-0.2, -0.15) is 5.26 Å². The molecule has 1 aromatic heterocycles. The molecule has 3 rings (SSSR count). The fourth-order valence-electron chi connectivity index (χ4n) is 3.11. The fourth-order valence-corrected chi connectivity index (χ4v) is 3.38. The Morgan fingerprint density at radius 2 is 2.09 bits per heavy atom. The highest BCUT2D eigenvalue weighted by Gasteiger charge is 2.60. The van der Waals surface area contributed by atoms with E-state index in [2.05, 4.69) is 24.9 Å². The molecule has 2 heterocycles. The van der Waals surface area contributed by atoms with Gasteiger partial charge < -0.3 is 14.1 Å². The first-order valence-corrected chi connectivity index (χ1v) is 7.97. The lowest BCUT2D eigenvalue weighted by Gasteiger charge is -2.26. The molecule has 1 saturated heterocycles. The normalized spacial score (nSPS) is 26.4. The van der Waals surface area contributed by atoms with Crippen LogP contribution in [0.15, 0.2) is 15.0 Å². The molecule has 7 heteroatoms. The van der Waals surface area contributed by atoms with Crippen LogP contribution >= 0.6 is 23.2 Å². The van der Waals surface area contributed by atoms with Gasteiger partial charge in [0.05, 0.1) is 13.2 Å². The Hall–Kier alpha value is -1.22. The monoisotopic (exact) mass is 341 g/mol. The van der Waals surface area contributed by atoms with Crippen molar-refractivity contribution in [3.8, 4) is 6.07 Å². The Labute approximate surface area is 139 Å². The Morgan fingerprint density at radius 3 is 2.68 bits per heavy atom. The molecule has 0 unspecified atom stereocenters. The molecule has 0 aromatic carbocycles. The lowest BCUT2D eigenvalue weighted by molar-refractivity contribution is 0.120. The van der Waals surface area contributed by atoms with Gasteiger partial charge in [0.25, 0.3) is 0 Å². The smallest absolute Gasteiger partial charge is 0.234 e. The molecule has 0 bridgehead atoms. The Balaban J connectivity index is 1.89. The van der Waals surface area contributed by atoms with E-state index in [-0.39, 0.29) is 21.7 Å². The van der Waals surface area contributed by atoms with Crippen LogP contribution in [0, 0.1) is 22.7 Å². The molecular weight excluding hydrogens is 325 g/mol. The van der Waals surface area contributed by atoms with Gasteiger partial charge in [0.1, 0.15) is 10.6 Å². The number of hydrogen-bond donors (Lipinski definition) is 0. The molecule has 0 amide bonds. The van der Waals surface area contributed by atoms with Gasteiger partial charge in [-0.15, -0.1) is 0 Å². The second-order valence-corrected chi connectivity index (χ2v) is 7.21. The third-order valence-corrected chi connectivity index (χ3v) is 4.76. The number of morpholine rings is 1. The van der Waals surface area contributed by atoms with Crippen LogP contribution in [0.5, 0.6) is 0 Å². The number of hydrogen-bond acceptors (Lipinski definition) is 5. The number of anilines is 1. The Kier molecular flexibility index (Phi) is 4.11. The van der Waals surface area contributed by atoms with Crippen LogP contribution in [-0.2, 0) is 4.74 Å². The van der Waals surface area contributed by atoms with E-state index >= 15 is 0 Å². The summed E-state index contributed by atoms with van der Waals surface area (Å²) in [6, 6.07) is 2.12. The van der Waals surface area contributed by atoms with Gasteiger partial charge in [-0.1, -0.05) is 37.0 Å². The first-order chi connectivity index (χ1) is 10.4. The number of allylic oxidation sites excluding steroid dienone is 1. The summed E-state index contributed by atoms with van der Waals surface area (Å²) in [5.74, 6) is 1.38. The molecule has 0 radical (unpaired) electrons. The molecule has 5 nitrogen and oxygen atoms in total. The van der Waals surface area contributed by atoms with Crippen molar-refractivity contribution in [2.75, 3.05) is 31.2 Å². The minimum Gasteiger partial charge on any atom is -0.423 e. The molecule has 118 valence electrons. The van der Waals surface area contributed by atoms with Crippen LogP contribution < -0.4 is 4.90 Å². The van der Waals surface area contributed by atoms with Crippen molar-refractivity contribution in [3.63, 3.8) is 0 Å². The molecule has 1 aliphatic carbocycles. The maximum atomic E-state index is 9.32. The lowest BCUT2D eigenvalue weighted by Crippen LogP contribution is -2.36. The van der Waals surface area contributed by atoms with E-state index < -0.39 is 0 Å². The van der Waals surface area contributed by atoms with Crippen LogP contribution in [0.2, 0.25) is 0 Å². The molecular formula is C15H17Cl2N3O2. The third kappa shape index (κ3) is 2.71. The van der Waals surface area contributed by atoms with Crippen LogP contribution in [0.4, 0.5) is 5.88 Å². The second-order valence-electron chi connectivity index (χ2n) is 6.20. The standard InChI is InChI=1S/C15H17Cl2N3O2/c1-15(2)9(7-11(16)17)12(15)13-19-10(8-18)14(22-13)20-3-5-21-6-4-20/h7,9,12H,3-6H2,1-2H3/t9-,12-/m1/s1. The molecule has 1 aromatic rings. The molecule has 0 N–H and O–H groups in total. The summed E-state index contributed by atoms with van der Waals surface area (Å²) >= 11 is 11.6. The molecule has 1 saturated carbocycles. The number of nitrogens with zero attached hydrogens (tertiary/aromatic N) is 3. The zero-order valence-corrected chi connectivity index (χ0v) is 14.0. The summed E-state index contributed by atoms with van der Waals surface area (Å²) in [6.07, 6.45) is 1.82. The summed E-state index contributed by atoms with van der Waals surface area (Å²) < 4.78 is 11.5. The van der Waals surface area contributed by atoms with Crippen LogP contribution in [0.3, 0.4) is 0 Å². The highest BCUT2D eigenvalue weighted by molar-refractivity contribution is 6.55. The molecule has 2 fully saturated rings. The van der Waals surface area contributed by atoms with Gasteiger partial charge in [-0.05, 0) is 17.4 Å². The number of ether oxygens (including phenoxy) is 1. The highest BCUT2D eigenvalue weighted by Crippen LogP contribution is 2.65. The predicted molar refractivity (Wildman–Crippen MR) is 84.1 cm³/mol. The molecule has 22 heavy (non-hydrogen) atoms. The summed E-state index contributed by atoms with van der Waals surface area (Å²) in [5, 5.41) is 9.32. The molecule has 1 aliphatic heterocycles. The SMILES string of the molecule is CC1(C)[C@H](C=C(Cl)Cl)[C@@H]1c1nc(C#N)c(N2CCOCC2)o1. The number of oxazole rings is 1. The Morgan fingerprint density at radius 1 is 1.41 bits per heavy atom. The molecule has 2 atom stereocenters. The number of halogens is 2. The average Bonchev–Trinajstić information content (AvgIpc) is 2.86. The van der Waals surface area contributed by atoms with E-state index in [9.17, 15) is 5.26 Å². The fraction of sp³-hybridized carbons (Fsp3) is 0.600. The van der Waals surface area contributed by atoms with E-state index in [1.54, 1.807) is 0 Å². The maximum Gasteiger partial charge on any atom is 0.234 e. The van der Waals surface area contributed by atoms with E-state index in [1.165, 1.54) is 0 Å².